The van der Waals surface area contributed by atoms with E-state index in [0.717, 1.165) is 12.8 Å². The molecular formula is C13H19NO. The number of aryl methyl sites for hydroxylation is 2. The molecule has 15 heavy (non-hydrogen) atoms. The number of aliphatic hydroxyl groups excluding tert-OH is 1. The minimum atomic E-state index is -0.264. The summed E-state index contributed by atoms with van der Waals surface area (Å²) in [6, 6.07) is 7.10. The lowest BCUT2D eigenvalue weighted by Crippen LogP contribution is -2.27. The quantitative estimate of drug-likeness (QED) is 0.790. The molecule has 1 aliphatic carbocycles. The molecule has 1 aromatic rings. The van der Waals surface area contributed by atoms with Crippen LogP contribution < -0.4 is 5.32 Å². The largest absolute Gasteiger partial charge is 0.392 e. The van der Waals surface area contributed by atoms with Crippen LogP contribution in [0.5, 0.6) is 0 Å². The molecule has 2 atom stereocenters. The number of aliphatic hydroxyl groups is 1. The lowest BCUT2D eigenvalue weighted by molar-refractivity contribution is 0.186. The van der Waals surface area contributed by atoms with Crippen molar-refractivity contribution < 1.29 is 5.11 Å². The minimum Gasteiger partial charge on any atom is -0.392 e. The average Bonchev–Trinajstić information content (AvgIpc) is 2.57. The fourth-order valence-electron chi connectivity index (χ4n) is 2.27. The van der Waals surface area contributed by atoms with Gasteiger partial charge in [-0.2, -0.15) is 0 Å². The Morgan fingerprint density at radius 1 is 1.53 bits per heavy atom. The number of nitrogens with one attached hydrogen (secondary N) is 1. The molecule has 2 nitrogen and oxygen atoms in total. The monoisotopic (exact) mass is 205 g/mol. The summed E-state index contributed by atoms with van der Waals surface area (Å²) in [5.41, 5.74) is 4.23. The van der Waals surface area contributed by atoms with Gasteiger partial charge in [-0.05, 0) is 37.8 Å². The van der Waals surface area contributed by atoms with Crippen LogP contribution in [0.4, 0.5) is 0 Å². The van der Waals surface area contributed by atoms with Gasteiger partial charge >= 0.3 is 0 Å². The topological polar surface area (TPSA) is 32.3 Å². The van der Waals surface area contributed by atoms with Crippen LogP contribution in [0.25, 0.3) is 0 Å². The van der Waals surface area contributed by atoms with Gasteiger partial charge in [-0.1, -0.05) is 23.8 Å². The van der Waals surface area contributed by atoms with E-state index in [4.69, 9.17) is 0 Å². The molecule has 0 radical (unpaired) electrons. The highest BCUT2D eigenvalue weighted by atomic mass is 16.3. The molecule has 2 rings (SSSR count). The lowest BCUT2D eigenvalue weighted by Gasteiger charge is -2.15. The lowest BCUT2D eigenvalue weighted by atomic mass is 10.1. The Bertz CT molecular complexity index is 346. The summed E-state index contributed by atoms with van der Waals surface area (Å²) in [6.45, 7) is 4.63. The fourth-order valence-corrected chi connectivity index (χ4v) is 2.27. The Kier molecular flexibility index (Phi) is 3.08. The van der Waals surface area contributed by atoms with Gasteiger partial charge in [0.05, 0.1) is 6.10 Å². The van der Waals surface area contributed by atoms with Crippen LogP contribution >= 0.6 is 0 Å². The van der Waals surface area contributed by atoms with Crippen molar-refractivity contribution in [2.45, 2.75) is 38.8 Å². The molecule has 1 aliphatic rings. The SMILES string of the molecule is Cc1ccc2c(c1)CCC2NC[C@@H](C)O. The smallest absolute Gasteiger partial charge is 0.0636 e. The van der Waals surface area contributed by atoms with Gasteiger partial charge in [0.15, 0.2) is 0 Å². The van der Waals surface area contributed by atoms with Crippen molar-refractivity contribution >= 4 is 0 Å². The standard InChI is InChI=1S/C13H19NO/c1-9-3-5-12-11(7-9)4-6-13(12)14-8-10(2)15/h3,5,7,10,13-15H,4,6,8H2,1-2H3/t10-,13?/m1/s1. The molecule has 1 unspecified atom stereocenters. The number of rotatable bonds is 3. The second-order valence-corrected chi connectivity index (χ2v) is 4.55. The maximum absolute atomic E-state index is 9.24. The van der Waals surface area contributed by atoms with Gasteiger partial charge in [0, 0.05) is 12.6 Å². The maximum atomic E-state index is 9.24. The van der Waals surface area contributed by atoms with Gasteiger partial charge in [-0.25, -0.2) is 0 Å². The molecule has 82 valence electrons. The predicted molar refractivity (Wildman–Crippen MR) is 61.9 cm³/mol. The van der Waals surface area contributed by atoms with Gasteiger partial charge in [0.25, 0.3) is 0 Å². The van der Waals surface area contributed by atoms with Crippen molar-refractivity contribution in [2.75, 3.05) is 6.54 Å². The first-order chi connectivity index (χ1) is 7.16. The molecule has 0 aliphatic heterocycles. The average molecular weight is 205 g/mol. The van der Waals surface area contributed by atoms with E-state index in [1.54, 1.807) is 0 Å². The molecule has 1 aromatic carbocycles. The minimum absolute atomic E-state index is 0.264. The highest BCUT2D eigenvalue weighted by Gasteiger charge is 2.21. The summed E-state index contributed by atoms with van der Waals surface area (Å²) in [6.07, 6.45) is 2.06. The summed E-state index contributed by atoms with van der Waals surface area (Å²) in [5, 5.41) is 12.6. The first kappa shape index (κ1) is 10.7. The summed E-state index contributed by atoms with van der Waals surface area (Å²) in [7, 11) is 0. The molecule has 0 bridgehead atoms. The van der Waals surface area contributed by atoms with E-state index in [1.807, 2.05) is 6.92 Å². The van der Waals surface area contributed by atoms with Crippen molar-refractivity contribution in [3.05, 3.63) is 34.9 Å². The maximum Gasteiger partial charge on any atom is 0.0636 e. The summed E-state index contributed by atoms with van der Waals surface area (Å²) < 4.78 is 0. The predicted octanol–water partition coefficient (Wildman–Crippen LogP) is 1.95. The molecule has 0 fully saturated rings. The van der Waals surface area contributed by atoms with Crippen LogP contribution in [0.1, 0.15) is 36.1 Å². The second kappa shape index (κ2) is 4.33. The van der Waals surface area contributed by atoms with Crippen LogP contribution in [0.15, 0.2) is 18.2 Å². The third-order valence-electron chi connectivity index (χ3n) is 3.04. The molecule has 0 saturated heterocycles. The zero-order chi connectivity index (χ0) is 10.8. The third-order valence-corrected chi connectivity index (χ3v) is 3.04. The molecule has 0 amide bonds. The van der Waals surface area contributed by atoms with Crippen molar-refractivity contribution in [1.29, 1.82) is 0 Å². The van der Waals surface area contributed by atoms with Gasteiger partial charge < -0.3 is 10.4 Å². The number of hydrogen-bond acceptors (Lipinski definition) is 2. The third kappa shape index (κ3) is 2.39. The van der Waals surface area contributed by atoms with Crippen LogP contribution in [-0.2, 0) is 6.42 Å². The van der Waals surface area contributed by atoms with Crippen molar-refractivity contribution in [2.24, 2.45) is 0 Å². The van der Waals surface area contributed by atoms with E-state index >= 15 is 0 Å². The van der Waals surface area contributed by atoms with Gasteiger partial charge in [0.1, 0.15) is 0 Å². The Labute approximate surface area is 91.3 Å². The van der Waals surface area contributed by atoms with Crippen LogP contribution in [0.2, 0.25) is 0 Å². The molecular weight excluding hydrogens is 186 g/mol. The molecule has 2 N–H and O–H groups in total. The van der Waals surface area contributed by atoms with Crippen molar-refractivity contribution in [3.63, 3.8) is 0 Å². The highest BCUT2D eigenvalue weighted by molar-refractivity contribution is 5.37. The van der Waals surface area contributed by atoms with E-state index in [0.29, 0.717) is 12.6 Å². The number of hydrogen-bond donors (Lipinski definition) is 2. The molecule has 0 heterocycles. The zero-order valence-corrected chi connectivity index (χ0v) is 9.46. The Hall–Kier alpha value is -0.860. The Balaban J connectivity index is 2.08. The van der Waals surface area contributed by atoms with Gasteiger partial charge in [-0.15, -0.1) is 0 Å². The Morgan fingerprint density at radius 2 is 2.33 bits per heavy atom. The van der Waals surface area contributed by atoms with E-state index in [9.17, 15) is 5.11 Å². The van der Waals surface area contributed by atoms with Gasteiger partial charge in [-0.3, -0.25) is 0 Å². The molecule has 0 spiro atoms. The fraction of sp³-hybridized carbons (Fsp3) is 0.538. The van der Waals surface area contributed by atoms with Crippen LogP contribution in [-0.4, -0.2) is 17.8 Å². The summed E-state index contributed by atoms with van der Waals surface area (Å²) in [5.74, 6) is 0. The van der Waals surface area contributed by atoms with E-state index < -0.39 is 0 Å². The first-order valence-electron chi connectivity index (χ1n) is 5.67. The van der Waals surface area contributed by atoms with E-state index in [1.165, 1.54) is 16.7 Å². The molecule has 0 aromatic heterocycles. The second-order valence-electron chi connectivity index (χ2n) is 4.55. The van der Waals surface area contributed by atoms with Crippen LogP contribution in [0.3, 0.4) is 0 Å². The van der Waals surface area contributed by atoms with Crippen LogP contribution in [0, 0.1) is 6.92 Å². The first-order valence-corrected chi connectivity index (χ1v) is 5.67. The van der Waals surface area contributed by atoms with Crippen molar-refractivity contribution in [3.8, 4) is 0 Å². The summed E-state index contributed by atoms with van der Waals surface area (Å²) in [4.78, 5) is 0. The van der Waals surface area contributed by atoms with E-state index in [-0.39, 0.29) is 6.10 Å². The normalized spacial score (nSPS) is 21.4. The Morgan fingerprint density at radius 3 is 3.07 bits per heavy atom. The number of fused-ring (bicyclic) bond motifs is 1. The highest BCUT2D eigenvalue weighted by Crippen LogP contribution is 2.31. The van der Waals surface area contributed by atoms with E-state index in [2.05, 4.69) is 30.4 Å². The zero-order valence-electron chi connectivity index (χ0n) is 9.46. The summed E-state index contributed by atoms with van der Waals surface area (Å²) >= 11 is 0. The van der Waals surface area contributed by atoms with Crippen molar-refractivity contribution in [1.82, 2.24) is 5.32 Å². The molecule has 0 saturated carbocycles. The van der Waals surface area contributed by atoms with Gasteiger partial charge in [0.2, 0.25) is 0 Å². The molecule has 2 heteroatoms. The number of benzene rings is 1.